The molecule has 1 aliphatic rings. The van der Waals surface area contributed by atoms with E-state index in [1.165, 1.54) is 12.0 Å². The van der Waals surface area contributed by atoms with E-state index in [9.17, 15) is 9.59 Å². The third kappa shape index (κ3) is 5.84. The molecule has 0 N–H and O–H groups in total. The van der Waals surface area contributed by atoms with E-state index in [0.29, 0.717) is 43.8 Å². The zero-order valence-electron chi connectivity index (χ0n) is 16.6. The summed E-state index contributed by atoms with van der Waals surface area (Å²) < 4.78 is 17.2. The highest BCUT2D eigenvalue weighted by Gasteiger charge is 2.34. The van der Waals surface area contributed by atoms with E-state index in [1.807, 2.05) is 0 Å². The van der Waals surface area contributed by atoms with Crippen molar-refractivity contribution in [1.82, 2.24) is 4.90 Å². The van der Waals surface area contributed by atoms with Gasteiger partial charge in [-0.2, -0.15) is 0 Å². The van der Waals surface area contributed by atoms with E-state index in [4.69, 9.17) is 25.8 Å². The number of thioether (sulfide) groups is 1. The van der Waals surface area contributed by atoms with Crippen molar-refractivity contribution in [3.63, 3.8) is 0 Å². The average Bonchev–Trinajstić information content (AvgIpc) is 3.01. The van der Waals surface area contributed by atoms with Crippen molar-refractivity contribution in [2.75, 3.05) is 26.9 Å². The van der Waals surface area contributed by atoms with Crippen LogP contribution in [0.2, 0.25) is 5.02 Å². The third-order valence-corrected chi connectivity index (χ3v) is 5.91. The van der Waals surface area contributed by atoms with Gasteiger partial charge in [0.05, 0.1) is 23.0 Å². The molecule has 0 bridgehead atoms. The number of ether oxygens (including phenoxy) is 3. The molecule has 1 saturated heterocycles. The van der Waals surface area contributed by atoms with Gasteiger partial charge in [-0.05, 0) is 75.7 Å². The summed E-state index contributed by atoms with van der Waals surface area (Å²) in [6, 6.07) is 10.4. The average molecular weight is 525 g/mol. The Morgan fingerprint density at radius 1 is 1.19 bits per heavy atom. The zero-order chi connectivity index (χ0) is 22.4. The van der Waals surface area contributed by atoms with Gasteiger partial charge in [-0.25, -0.2) is 0 Å². The van der Waals surface area contributed by atoms with Gasteiger partial charge in [0.2, 0.25) is 0 Å². The van der Waals surface area contributed by atoms with E-state index in [-0.39, 0.29) is 24.3 Å². The van der Waals surface area contributed by atoms with Crippen molar-refractivity contribution in [3.8, 4) is 17.2 Å². The van der Waals surface area contributed by atoms with Crippen molar-refractivity contribution in [3.05, 3.63) is 69.0 Å². The van der Waals surface area contributed by atoms with Crippen LogP contribution in [0, 0.1) is 0 Å². The summed E-state index contributed by atoms with van der Waals surface area (Å²) in [6.07, 6.45) is 3.28. The van der Waals surface area contributed by atoms with Crippen LogP contribution < -0.4 is 14.2 Å². The Labute approximate surface area is 197 Å². The van der Waals surface area contributed by atoms with Crippen molar-refractivity contribution in [2.45, 2.75) is 0 Å². The summed E-state index contributed by atoms with van der Waals surface area (Å²) in [5, 5.41) is 0.264. The number of hydrogen-bond acceptors (Lipinski definition) is 6. The lowest BCUT2D eigenvalue weighted by Crippen LogP contribution is -2.32. The van der Waals surface area contributed by atoms with E-state index in [2.05, 4.69) is 22.5 Å². The molecule has 3 rings (SSSR count). The maximum absolute atomic E-state index is 12.7. The minimum Gasteiger partial charge on any atom is -0.493 e. The predicted molar refractivity (Wildman–Crippen MR) is 126 cm³/mol. The largest absolute Gasteiger partial charge is 0.493 e. The predicted octanol–water partition coefficient (Wildman–Crippen LogP) is 5.79. The Morgan fingerprint density at radius 2 is 1.94 bits per heavy atom. The summed E-state index contributed by atoms with van der Waals surface area (Å²) in [4.78, 5) is 26.5. The molecule has 2 aromatic rings. The molecule has 0 aromatic heterocycles. The zero-order valence-corrected chi connectivity index (χ0v) is 19.8. The lowest BCUT2D eigenvalue weighted by Gasteiger charge is -2.13. The molecule has 9 heteroatoms. The van der Waals surface area contributed by atoms with Crippen molar-refractivity contribution in [1.29, 1.82) is 0 Å². The summed E-state index contributed by atoms with van der Waals surface area (Å²) in [6.45, 7) is 4.28. The lowest BCUT2D eigenvalue weighted by atomic mass is 10.2. The molecule has 1 heterocycles. The fourth-order valence-electron chi connectivity index (χ4n) is 2.74. The molecule has 0 aliphatic carbocycles. The molecule has 2 aromatic carbocycles. The number of rotatable bonds is 9. The Bertz CT molecular complexity index is 1030. The molecule has 0 atom stereocenters. The van der Waals surface area contributed by atoms with E-state index in [0.717, 1.165) is 11.8 Å². The molecule has 0 spiro atoms. The summed E-state index contributed by atoms with van der Waals surface area (Å²) in [5.74, 6) is 1.28. The highest BCUT2D eigenvalue weighted by molar-refractivity contribution is 9.10. The summed E-state index contributed by atoms with van der Waals surface area (Å²) in [7, 11) is 1.53. The third-order valence-electron chi connectivity index (χ3n) is 4.17. The summed E-state index contributed by atoms with van der Waals surface area (Å²) >= 11 is 10.2. The smallest absolute Gasteiger partial charge is 0.293 e. The summed E-state index contributed by atoms with van der Waals surface area (Å²) in [5.41, 5.74) is 0.692. The molecular formula is C22H19BrClNO5S. The van der Waals surface area contributed by atoms with Crippen LogP contribution in [0.5, 0.6) is 17.2 Å². The van der Waals surface area contributed by atoms with E-state index >= 15 is 0 Å². The number of carbonyl (C=O) groups is 2. The van der Waals surface area contributed by atoms with Crippen molar-refractivity contribution >= 4 is 56.5 Å². The van der Waals surface area contributed by atoms with E-state index < -0.39 is 0 Å². The molecular weight excluding hydrogens is 506 g/mol. The first-order valence-corrected chi connectivity index (χ1v) is 11.2. The van der Waals surface area contributed by atoms with Gasteiger partial charge in [-0.3, -0.25) is 14.5 Å². The second-order valence-electron chi connectivity index (χ2n) is 6.27. The standard InChI is InChI=1S/C22H19BrClNO5S/c1-3-9-30-20-17(23)11-14(12-18(20)28-2)13-19-21(26)25(22(27)31-19)8-10-29-16-6-4-15(24)5-7-16/h3-7,11-13H,1,8-10H2,2H3/b19-13-. The van der Waals surface area contributed by atoms with Gasteiger partial charge in [-0.1, -0.05) is 24.3 Å². The van der Waals surface area contributed by atoms with Crippen LogP contribution in [-0.4, -0.2) is 42.9 Å². The van der Waals surface area contributed by atoms with Crippen molar-refractivity contribution in [2.24, 2.45) is 0 Å². The molecule has 31 heavy (non-hydrogen) atoms. The molecule has 1 fully saturated rings. The van der Waals surface area contributed by atoms with Crippen LogP contribution in [0.1, 0.15) is 5.56 Å². The fraction of sp³-hybridized carbons (Fsp3) is 0.182. The van der Waals surface area contributed by atoms with Crippen LogP contribution in [0.25, 0.3) is 6.08 Å². The molecule has 0 radical (unpaired) electrons. The number of benzene rings is 2. The number of amides is 2. The Morgan fingerprint density at radius 3 is 2.61 bits per heavy atom. The molecule has 2 amide bonds. The number of halogens is 2. The molecule has 6 nitrogen and oxygen atoms in total. The van der Waals surface area contributed by atoms with Crippen LogP contribution in [0.3, 0.4) is 0 Å². The number of nitrogens with zero attached hydrogens (tertiary/aromatic N) is 1. The van der Waals surface area contributed by atoms with Gasteiger partial charge in [-0.15, -0.1) is 0 Å². The quantitative estimate of drug-likeness (QED) is 0.305. The van der Waals surface area contributed by atoms with Crippen LogP contribution >= 0.6 is 39.3 Å². The van der Waals surface area contributed by atoms with Gasteiger partial charge >= 0.3 is 0 Å². The van der Waals surface area contributed by atoms with E-state index in [1.54, 1.807) is 48.6 Å². The minimum atomic E-state index is -0.364. The first-order chi connectivity index (χ1) is 14.9. The Hall–Kier alpha value is -2.42. The topological polar surface area (TPSA) is 65.1 Å². The number of carbonyl (C=O) groups excluding carboxylic acids is 2. The monoisotopic (exact) mass is 523 g/mol. The Balaban J connectivity index is 1.70. The first kappa shape index (κ1) is 23.2. The van der Waals surface area contributed by atoms with Gasteiger partial charge in [0.25, 0.3) is 11.1 Å². The SMILES string of the molecule is C=CCOc1c(Br)cc(/C=C2\SC(=O)N(CCOc3ccc(Cl)cc3)C2=O)cc1OC. The second-order valence-corrected chi connectivity index (χ2v) is 8.55. The van der Waals surface area contributed by atoms with Crippen molar-refractivity contribution < 1.29 is 23.8 Å². The van der Waals surface area contributed by atoms with Gasteiger partial charge in [0.15, 0.2) is 11.5 Å². The second kappa shape index (κ2) is 10.7. The fourth-order valence-corrected chi connectivity index (χ4v) is 4.30. The lowest BCUT2D eigenvalue weighted by molar-refractivity contribution is -0.123. The number of imide groups is 1. The number of methoxy groups -OCH3 is 1. The van der Waals surface area contributed by atoms with Crippen LogP contribution in [0.15, 0.2) is 58.4 Å². The maximum Gasteiger partial charge on any atom is 0.293 e. The maximum atomic E-state index is 12.7. The highest BCUT2D eigenvalue weighted by Crippen LogP contribution is 2.39. The molecule has 0 saturated carbocycles. The Kier molecular flexibility index (Phi) is 8.06. The molecule has 1 aliphatic heterocycles. The molecule has 0 unspecified atom stereocenters. The van der Waals surface area contributed by atoms with Gasteiger partial charge in [0.1, 0.15) is 19.0 Å². The molecule has 162 valence electrons. The van der Waals surface area contributed by atoms with Gasteiger partial charge in [0, 0.05) is 5.02 Å². The number of hydrogen-bond donors (Lipinski definition) is 0. The first-order valence-electron chi connectivity index (χ1n) is 9.18. The normalized spacial score (nSPS) is 14.8. The van der Waals surface area contributed by atoms with Crippen LogP contribution in [0.4, 0.5) is 4.79 Å². The van der Waals surface area contributed by atoms with Gasteiger partial charge < -0.3 is 14.2 Å². The minimum absolute atomic E-state index is 0.145. The highest BCUT2D eigenvalue weighted by atomic mass is 79.9. The van der Waals surface area contributed by atoms with Crippen LogP contribution in [-0.2, 0) is 4.79 Å².